The number of allylic oxidation sites excluding steroid dienone is 2. The zero-order valence-corrected chi connectivity index (χ0v) is 17.7. The van der Waals surface area contributed by atoms with Gasteiger partial charge in [0.05, 0.1) is 0 Å². The number of halogens is 1. The Hall–Kier alpha value is -1.89. The minimum atomic E-state index is -0.168. The second kappa shape index (κ2) is 9.88. The third-order valence-corrected chi connectivity index (χ3v) is 5.86. The van der Waals surface area contributed by atoms with Crippen molar-refractivity contribution in [3.63, 3.8) is 0 Å². The smallest absolute Gasteiger partial charge is 0.127 e. The van der Waals surface area contributed by atoms with Gasteiger partial charge < -0.3 is 0 Å². The molecule has 1 heteroatoms. The summed E-state index contributed by atoms with van der Waals surface area (Å²) in [5.41, 5.74) is 4.38. The van der Waals surface area contributed by atoms with Gasteiger partial charge in [0.15, 0.2) is 0 Å². The van der Waals surface area contributed by atoms with Crippen molar-refractivity contribution in [3.8, 4) is 0 Å². The van der Waals surface area contributed by atoms with E-state index in [-0.39, 0.29) is 11.2 Å². The van der Waals surface area contributed by atoms with Crippen LogP contribution in [0.4, 0.5) is 4.39 Å². The van der Waals surface area contributed by atoms with Crippen LogP contribution in [0.1, 0.15) is 68.7 Å². The molecule has 0 heterocycles. The highest BCUT2D eigenvalue weighted by Gasteiger charge is 2.31. The van der Waals surface area contributed by atoms with Crippen molar-refractivity contribution in [2.45, 2.75) is 72.1 Å². The molecule has 2 unspecified atom stereocenters. The van der Waals surface area contributed by atoms with E-state index in [1.807, 2.05) is 26.0 Å². The Balaban J connectivity index is 2.17. The van der Waals surface area contributed by atoms with E-state index in [0.29, 0.717) is 5.92 Å². The van der Waals surface area contributed by atoms with Gasteiger partial charge in [-0.3, -0.25) is 0 Å². The highest BCUT2D eigenvalue weighted by Crippen LogP contribution is 2.38. The molecule has 2 aromatic carbocycles. The molecule has 0 N–H and O–H groups in total. The van der Waals surface area contributed by atoms with Gasteiger partial charge in [0, 0.05) is 0 Å². The molecule has 146 valence electrons. The van der Waals surface area contributed by atoms with Crippen LogP contribution in [0.3, 0.4) is 0 Å². The largest absolute Gasteiger partial charge is 0.207 e. The average Bonchev–Trinajstić information content (AvgIpc) is 2.64. The molecule has 2 aromatic rings. The van der Waals surface area contributed by atoms with Gasteiger partial charge in [0.1, 0.15) is 5.82 Å². The lowest BCUT2D eigenvalue weighted by Gasteiger charge is -2.33. The summed E-state index contributed by atoms with van der Waals surface area (Å²) >= 11 is 0. The summed E-state index contributed by atoms with van der Waals surface area (Å²) in [4.78, 5) is 0. The van der Waals surface area contributed by atoms with Gasteiger partial charge >= 0.3 is 0 Å². The predicted molar refractivity (Wildman–Crippen MR) is 116 cm³/mol. The molecule has 0 saturated carbocycles. The molecule has 0 nitrogen and oxygen atoms in total. The molecule has 2 atom stereocenters. The Bertz CT molecular complexity index is 741. The van der Waals surface area contributed by atoms with Gasteiger partial charge in [-0.05, 0) is 80.5 Å². The lowest BCUT2D eigenvalue weighted by molar-refractivity contribution is 0.308. The van der Waals surface area contributed by atoms with E-state index >= 15 is 0 Å². The van der Waals surface area contributed by atoms with E-state index in [1.54, 1.807) is 6.07 Å². The predicted octanol–water partition coefficient (Wildman–Crippen LogP) is 7.72. The van der Waals surface area contributed by atoms with Gasteiger partial charge in [-0.1, -0.05) is 74.4 Å². The quantitative estimate of drug-likeness (QED) is 0.399. The number of rotatable bonds is 9. The van der Waals surface area contributed by atoms with Crippen LogP contribution in [0, 0.1) is 25.6 Å². The molecule has 0 bridgehead atoms. The third-order valence-electron chi connectivity index (χ3n) is 5.86. The van der Waals surface area contributed by atoms with E-state index in [2.05, 4.69) is 57.2 Å². The first-order valence-electron chi connectivity index (χ1n) is 10.3. The summed E-state index contributed by atoms with van der Waals surface area (Å²) in [5, 5.41) is 0. The molecular formula is C26H35F. The Kier molecular flexibility index (Phi) is 7.83. The molecule has 0 aliphatic carbocycles. The van der Waals surface area contributed by atoms with Crippen LogP contribution >= 0.6 is 0 Å². The van der Waals surface area contributed by atoms with Crippen molar-refractivity contribution in [2.75, 3.05) is 0 Å². The minimum absolute atomic E-state index is 0.0598. The Morgan fingerprint density at radius 2 is 1.70 bits per heavy atom. The van der Waals surface area contributed by atoms with Crippen molar-refractivity contribution < 1.29 is 4.39 Å². The number of hydrogen-bond donors (Lipinski definition) is 0. The summed E-state index contributed by atoms with van der Waals surface area (Å²) in [6.07, 6.45) is 9.53. The molecule has 0 fully saturated rings. The molecule has 2 rings (SSSR count). The zero-order chi connectivity index (χ0) is 19.9. The van der Waals surface area contributed by atoms with E-state index in [1.165, 1.54) is 11.1 Å². The Labute approximate surface area is 165 Å². The maximum Gasteiger partial charge on any atom is 0.127 e. The van der Waals surface area contributed by atoms with Crippen LogP contribution in [0.5, 0.6) is 0 Å². The summed E-state index contributed by atoms with van der Waals surface area (Å²) < 4.78 is 14.8. The Morgan fingerprint density at radius 3 is 2.30 bits per heavy atom. The minimum Gasteiger partial charge on any atom is -0.207 e. The topological polar surface area (TPSA) is 0 Å². The molecule has 0 amide bonds. The number of aryl methyl sites for hydroxylation is 3. The maximum atomic E-state index is 14.8. The van der Waals surface area contributed by atoms with E-state index in [4.69, 9.17) is 0 Å². The molecule has 0 aromatic heterocycles. The molecule has 0 aliphatic heterocycles. The first kappa shape index (κ1) is 21.4. The lowest BCUT2D eigenvalue weighted by Crippen LogP contribution is -2.26. The monoisotopic (exact) mass is 366 g/mol. The first-order valence-corrected chi connectivity index (χ1v) is 10.3. The molecule has 27 heavy (non-hydrogen) atoms. The molecule has 0 spiro atoms. The second-order valence-electron chi connectivity index (χ2n) is 8.32. The van der Waals surface area contributed by atoms with Gasteiger partial charge in [-0.25, -0.2) is 4.39 Å². The van der Waals surface area contributed by atoms with Crippen molar-refractivity contribution in [3.05, 3.63) is 82.7 Å². The highest BCUT2D eigenvalue weighted by atomic mass is 19.1. The third kappa shape index (κ3) is 6.06. The molecule has 0 saturated heterocycles. The lowest BCUT2D eigenvalue weighted by atomic mass is 9.71. The molecule has 0 radical (unpaired) electrons. The van der Waals surface area contributed by atoms with Gasteiger partial charge in [0.2, 0.25) is 0 Å². The zero-order valence-electron chi connectivity index (χ0n) is 17.7. The fourth-order valence-corrected chi connectivity index (χ4v) is 4.00. The van der Waals surface area contributed by atoms with Crippen LogP contribution < -0.4 is 0 Å². The standard InChI is InChI=1S/C26H35F/c1-6-8-17-26(5,24-16-11-21(4)18-25(24)27)19-22(7-2)14-15-23-12-9-20(3)10-13-23/h6,8-13,16,18,22H,7,14-15,17,19H2,1-5H3/b8-6-. The van der Waals surface area contributed by atoms with Crippen LogP contribution in [0.2, 0.25) is 0 Å². The summed E-state index contributed by atoms with van der Waals surface area (Å²) in [7, 11) is 0. The van der Waals surface area contributed by atoms with Gasteiger partial charge in [-0.15, -0.1) is 0 Å². The maximum absolute atomic E-state index is 14.8. The fraction of sp³-hybridized carbons (Fsp3) is 0.462. The van der Waals surface area contributed by atoms with Crippen molar-refractivity contribution in [2.24, 2.45) is 5.92 Å². The van der Waals surface area contributed by atoms with E-state index in [0.717, 1.165) is 43.2 Å². The van der Waals surface area contributed by atoms with Crippen molar-refractivity contribution >= 4 is 0 Å². The summed E-state index contributed by atoms with van der Waals surface area (Å²) in [6.45, 7) is 10.6. The average molecular weight is 367 g/mol. The molecular weight excluding hydrogens is 331 g/mol. The number of benzene rings is 2. The summed E-state index contributed by atoms with van der Waals surface area (Å²) in [6, 6.07) is 14.6. The normalized spacial score (nSPS) is 15.0. The number of hydrogen-bond acceptors (Lipinski definition) is 0. The van der Waals surface area contributed by atoms with E-state index in [9.17, 15) is 4.39 Å². The molecule has 0 aliphatic rings. The van der Waals surface area contributed by atoms with Crippen molar-refractivity contribution in [1.29, 1.82) is 0 Å². The van der Waals surface area contributed by atoms with Gasteiger partial charge in [-0.2, -0.15) is 0 Å². The first-order chi connectivity index (χ1) is 12.9. The SMILES string of the molecule is C/C=C\CC(C)(CC(CC)CCc1ccc(C)cc1)c1ccc(C)cc1F. The van der Waals surface area contributed by atoms with E-state index < -0.39 is 0 Å². The van der Waals surface area contributed by atoms with Crippen LogP contribution in [0.25, 0.3) is 0 Å². The van der Waals surface area contributed by atoms with Crippen LogP contribution in [-0.4, -0.2) is 0 Å². The second-order valence-corrected chi connectivity index (χ2v) is 8.32. The fourth-order valence-electron chi connectivity index (χ4n) is 4.00. The van der Waals surface area contributed by atoms with Crippen molar-refractivity contribution in [1.82, 2.24) is 0 Å². The summed E-state index contributed by atoms with van der Waals surface area (Å²) in [5.74, 6) is 0.526. The van der Waals surface area contributed by atoms with Crippen LogP contribution in [0.15, 0.2) is 54.6 Å². The van der Waals surface area contributed by atoms with Crippen LogP contribution in [-0.2, 0) is 11.8 Å². The van der Waals surface area contributed by atoms with Gasteiger partial charge in [0.25, 0.3) is 0 Å². The highest BCUT2D eigenvalue weighted by molar-refractivity contribution is 5.31. The Morgan fingerprint density at radius 1 is 1.04 bits per heavy atom.